The summed E-state index contributed by atoms with van der Waals surface area (Å²) in [5.41, 5.74) is 4.81. The summed E-state index contributed by atoms with van der Waals surface area (Å²) in [7, 11) is 2.61. The smallest absolute Gasteiger partial charge is 0.325 e. The molecule has 0 saturated carbocycles. The van der Waals surface area contributed by atoms with E-state index in [-0.39, 0.29) is 37.0 Å². The van der Waals surface area contributed by atoms with Crippen molar-refractivity contribution < 1.29 is 43.3 Å². The Hall–Kier alpha value is -4.14. The maximum absolute atomic E-state index is 11.5. The highest BCUT2D eigenvalue weighted by atomic mass is 16.5. The molecule has 0 aromatic rings. The number of aliphatic carboxylic acids is 1. The summed E-state index contributed by atoms with van der Waals surface area (Å²) in [5.74, 6) is -1.56. The Labute approximate surface area is 356 Å². The summed E-state index contributed by atoms with van der Waals surface area (Å²) < 4.78 is 8.61. The number of allylic oxidation sites excluding steroid dienone is 4. The lowest BCUT2D eigenvalue weighted by atomic mass is 10.1. The minimum absolute atomic E-state index is 0.0312. The van der Waals surface area contributed by atoms with Gasteiger partial charge in [0.15, 0.2) is 0 Å². The predicted octanol–water partition coefficient (Wildman–Crippen LogP) is 7.58. The summed E-state index contributed by atoms with van der Waals surface area (Å²) >= 11 is 0. The minimum Gasteiger partial charge on any atom is -0.481 e. The van der Waals surface area contributed by atoms with E-state index in [2.05, 4.69) is 60.4 Å². The van der Waals surface area contributed by atoms with E-state index in [4.69, 9.17) is 10.8 Å². The van der Waals surface area contributed by atoms with Crippen molar-refractivity contribution in [3.05, 3.63) is 24.3 Å². The first-order chi connectivity index (χ1) is 28.6. The summed E-state index contributed by atoms with van der Waals surface area (Å²) in [4.78, 5) is 64.9. The Bertz CT molecular complexity index is 1080. The maximum atomic E-state index is 11.5. The van der Waals surface area contributed by atoms with Crippen LogP contribution in [0.3, 0.4) is 0 Å². The van der Waals surface area contributed by atoms with Gasteiger partial charge in [0.2, 0.25) is 5.91 Å². The number of nitrogens with two attached hydrogens (primary N) is 1. The van der Waals surface area contributed by atoms with Crippen molar-refractivity contribution in [2.45, 2.75) is 168 Å². The molecule has 0 aliphatic carbocycles. The van der Waals surface area contributed by atoms with Crippen LogP contribution in [0.4, 0.5) is 9.59 Å². The SMILES string of the molecule is CCNC(=O)NCCCC/C=C\CCCCCCCCCC(=O)NCC(=O)OC.CCNC(=O)NCCCC/C=C\CCCCCCCCCC(=O)O.COC(=O)CN. The van der Waals surface area contributed by atoms with Gasteiger partial charge in [-0.2, -0.15) is 0 Å². The number of amides is 5. The highest BCUT2D eigenvalue weighted by molar-refractivity contribution is 5.81. The fourth-order valence-electron chi connectivity index (χ4n) is 5.36. The average Bonchev–Trinajstić information content (AvgIpc) is 3.22. The third-order valence-electron chi connectivity index (χ3n) is 8.76. The molecule has 15 heteroatoms. The van der Waals surface area contributed by atoms with E-state index in [1.54, 1.807) is 0 Å². The van der Waals surface area contributed by atoms with Crippen LogP contribution in [0, 0.1) is 0 Å². The Morgan fingerprint density at radius 3 is 1.17 bits per heavy atom. The van der Waals surface area contributed by atoms with Crippen LogP contribution in [-0.2, 0) is 28.7 Å². The van der Waals surface area contributed by atoms with Crippen molar-refractivity contribution in [1.82, 2.24) is 26.6 Å². The number of nitrogens with one attached hydrogen (secondary N) is 5. The fourth-order valence-corrected chi connectivity index (χ4v) is 5.36. The Balaban J connectivity index is -0.000000943. The van der Waals surface area contributed by atoms with Crippen LogP contribution < -0.4 is 32.3 Å². The van der Waals surface area contributed by atoms with Gasteiger partial charge < -0.3 is 46.9 Å². The van der Waals surface area contributed by atoms with Gasteiger partial charge in [-0.15, -0.1) is 0 Å². The number of urea groups is 2. The molecule has 8 N–H and O–H groups in total. The minimum atomic E-state index is -0.681. The molecule has 59 heavy (non-hydrogen) atoms. The lowest BCUT2D eigenvalue weighted by Crippen LogP contribution is -2.35. The molecule has 344 valence electrons. The number of esters is 2. The van der Waals surface area contributed by atoms with E-state index in [0.717, 1.165) is 103 Å². The summed E-state index contributed by atoms with van der Waals surface area (Å²) in [5, 5.41) is 22.2. The van der Waals surface area contributed by atoms with Crippen LogP contribution in [0.2, 0.25) is 0 Å². The van der Waals surface area contributed by atoms with Gasteiger partial charge in [0, 0.05) is 39.0 Å². The zero-order valence-electron chi connectivity index (χ0n) is 37.3. The van der Waals surface area contributed by atoms with Crippen LogP contribution in [-0.4, -0.2) is 94.5 Å². The third kappa shape index (κ3) is 56.0. The average molecular weight is 841 g/mol. The van der Waals surface area contributed by atoms with E-state index in [0.29, 0.717) is 25.9 Å². The van der Waals surface area contributed by atoms with Crippen LogP contribution in [0.25, 0.3) is 0 Å². The maximum Gasteiger partial charge on any atom is 0.325 e. The first-order valence-corrected chi connectivity index (χ1v) is 22.2. The molecule has 0 saturated heterocycles. The van der Waals surface area contributed by atoms with E-state index < -0.39 is 11.9 Å². The molecule has 0 aliphatic rings. The largest absolute Gasteiger partial charge is 0.481 e. The quantitative estimate of drug-likeness (QED) is 0.0188. The molecule has 0 spiro atoms. The van der Waals surface area contributed by atoms with E-state index >= 15 is 0 Å². The van der Waals surface area contributed by atoms with Gasteiger partial charge in [0.05, 0.1) is 20.8 Å². The second kappa shape index (κ2) is 50.0. The molecular formula is C44H84N6O9. The Kier molecular flexibility index (Phi) is 50.2. The van der Waals surface area contributed by atoms with Crippen molar-refractivity contribution in [3.8, 4) is 0 Å². The van der Waals surface area contributed by atoms with Crippen molar-refractivity contribution in [3.63, 3.8) is 0 Å². The molecule has 0 aromatic heterocycles. The second-order valence-corrected chi connectivity index (χ2v) is 14.1. The normalized spacial score (nSPS) is 10.5. The van der Waals surface area contributed by atoms with Gasteiger partial charge in [-0.1, -0.05) is 88.5 Å². The van der Waals surface area contributed by atoms with Crippen molar-refractivity contribution in [2.75, 3.05) is 53.5 Å². The van der Waals surface area contributed by atoms with Crippen molar-refractivity contribution in [2.24, 2.45) is 5.73 Å². The molecule has 0 rings (SSSR count). The molecule has 0 radical (unpaired) electrons. The number of ether oxygens (including phenoxy) is 2. The first-order valence-electron chi connectivity index (χ1n) is 22.2. The van der Waals surface area contributed by atoms with Gasteiger partial charge >= 0.3 is 30.0 Å². The molecule has 0 bridgehead atoms. The zero-order chi connectivity index (χ0) is 44.5. The predicted molar refractivity (Wildman–Crippen MR) is 237 cm³/mol. The first kappa shape index (κ1) is 59.2. The number of methoxy groups -OCH3 is 2. The van der Waals surface area contributed by atoms with Crippen LogP contribution in [0.1, 0.15) is 168 Å². The van der Waals surface area contributed by atoms with Crippen molar-refractivity contribution >= 4 is 35.9 Å². The molecule has 0 aliphatic heterocycles. The number of carboxylic acid groups (broad SMARTS) is 1. The Morgan fingerprint density at radius 2 is 0.831 bits per heavy atom. The van der Waals surface area contributed by atoms with Crippen LogP contribution >= 0.6 is 0 Å². The third-order valence-corrected chi connectivity index (χ3v) is 8.76. The van der Waals surface area contributed by atoms with Gasteiger partial charge in [-0.3, -0.25) is 19.2 Å². The highest BCUT2D eigenvalue weighted by Crippen LogP contribution is 2.11. The number of carboxylic acids is 1. The Morgan fingerprint density at radius 1 is 0.475 bits per heavy atom. The number of hydrogen-bond acceptors (Lipinski definition) is 9. The summed E-state index contributed by atoms with van der Waals surface area (Å²) in [6.45, 7) is 6.55. The number of carbonyl (C=O) groups excluding carboxylic acids is 5. The van der Waals surface area contributed by atoms with Crippen LogP contribution in [0.5, 0.6) is 0 Å². The lowest BCUT2D eigenvalue weighted by Gasteiger charge is -2.04. The fraction of sp³-hybridized carbons (Fsp3) is 0.773. The van der Waals surface area contributed by atoms with E-state index in [9.17, 15) is 28.8 Å². The van der Waals surface area contributed by atoms with Gasteiger partial charge in [-0.05, 0) is 90.9 Å². The molecular weight excluding hydrogens is 757 g/mol. The van der Waals surface area contributed by atoms with Crippen molar-refractivity contribution in [1.29, 1.82) is 0 Å². The molecule has 15 nitrogen and oxygen atoms in total. The topological polar surface area (TPSA) is 227 Å². The van der Waals surface area contributed by atoms with Gasteiger partial charge in [-0.25, -0.2) is 9.59 Å². The second-order valence-electron chi connectivity index (χ2n) is 14.1. The molecule has 0 fully saturated rings. The number of carbonyl (C=O) groups is 6. The van der Waals surface area contributed by atoms with E-state index in [1.165, 1.54) is 65.6 Å². The molecule has 0 unspecified atom stereocenters. The number of hydrogen-bond donors (Lipinski definition) is 7. The zero-order valence-corrected chi connectivity index (χ0v) is 37.3. The number of rotatable bonds is 35. The molecule has 0 aromatic carbocycles. The summed E-state index contributed by atoms with van der Waals surface area (Å²) in [6.07, 6.45) is 34.5. The van der Waals surface area contributed by atoms with Gasteiger partial charge in [0.1, 0.15) is 6.54 Å². The highest BCUT2D eigenvalue weighted by Gasteiger charge is 2.05. The molecule has 0 atom stereocenters. The standard InChI is InChI=1S/C22H41N3O4.C19H36N2O3.C3H7NO2/c1-3-23-22(28)24-18-16-14-12-10-8-6-4-5-7-9-11-13-15-17-20(26)25-19-21(27)29-2;1-2-20-19(24)21-17-15-13-11-9-7-5-3-4-6-8-10-12-14-16-18(22)23;1-6-3(5)2-4/h8,10H,3-7,9,11-19H2,1-2H3,(H,25,26)(H2,23,24,28);7,9H,2-6,8,10-17H2,1H3,(H,22,23)(H2,20,21,24);2,4H2,1H3/b10-8-;9-7-;. The summed E-state index contributed by atoms with van der Waals surface area (Å²) in [6, 6.07) is -0.154. The van der Waals surface area contributed by atoms with Crippen LogP contribution in [0.15, 0.2) is 24.3 Å². The lowest BCUT2D eigenvalue weighted by molar-refractivity contribution is -0.141. The molecule has 0 heterocycles. The van der Waals surface area contributed by atoms with E-state index in [1.807, 2.05) is 13.8 Å². The monoisotopic (exact) mass is 841 g/mol. The number of unbranched alkanes of at least 4 members (excludes halogenated alkanes) is 18. The molecule has 5 amide bonds. The van der Waals surface area contributed by atoms with Gasteiger partial charge in [0.25, 0.3) is 0 Å².